The summed E-state index contributed by atoms with van der Waals surface area (Å²) in [6.07, 6.45) is -1.82. The second-order valence-corrected chi connectivity index (χ2v) is 4.33. The summed E-state index contributed by atoms with van der Waals surface area (Å²) in [5.41, 5.74) is -0.123. The van der Waals surface area contributed by atoms with E-state index in [9.17, 15) is 22.4 Å². The summed E-state index contributed by atoms with van der Waals surface area (Å²) >= 11 is 0. The molecule has 2 aromatic carbocycles. The number of halogens is 4. The third kappa shape index (κ3) is 4.02. The van der Waals surface area contributed by atoms with Gasteiger partial charge in [-0.1, -0.05) is 30.3 Å². The summed E-state index contributed by atoms with van der Waals surface area (Å²) in [6.45, 7) is 0. The largest absolute Gasteiger partial charge is 0.416 e. The number of benzene rings is 2. The molecule has 21 heavy (non-hydrogen) atoms. The Kier molecular flexibility index (Phi) is 4.21. The van der Waals surface area contributed by atoms with E-state index in [1.54, 1.807) is 0 Å². The van der Waals surface area contributed by atoms with Crippen LogP contribution in [0.5, 0.6) is 0 Å². The van der Waals surface area contributed by atoms with E-state index in [0.29, 0.717) is 5.56 Å². The number of alkyl halides is 3. The van der Waals surface area contributed by atoms with Crippen LogP contribution in [0.4, 0.5) is 17.6 Å². The van der Waals surface area contributed by atoms with Gasteiger partial charge in [0.15, 0.2) is 5.78 Å². The molecule has 0 N–H and O–H groups in total. The molecule has 0 heterocycles. The highest BCUT2D eigenvalue weighted by atomic mass is 19.4. The van der Waals surface area contributed by atoms with Gasteiger partial charge < -0.3 is 0 Å². The minimum Gasteiger partial charge on any atom is -0.289 e. The fourth-order valence-electron chi connectivity index (χ4n) is 1.69. The topological polar surface area (TPSA) is 17.1 Å². The van der Waals surface area contributed by atoms with Crippen molar-refractivity contribution < 1.29 is 22.4 Å². The van der Waals surface area contributed by atoms with Gasteiger partial charge in [0.25, 0.3) is 0 Å². The first-order chi connectivity index (χ1) is 9.86. The smallest absolute Gasteiger partial charge is 0.289 e. The van der Waals surface area contributed by atoms with Crippen molar-refractivity contribution in [1.82, 2.24) is 0 Å². The molecule has 0 saturated carbocycles. The van der Waals surface area contributed by atoms with Crippen LogP contribution in [0, 0.1) is 5.82 Å². The van der Waals surface area contributed by atoms with E-state index in [1.807, 2.05) is 0 Å². The normalized spacial score (nSPS) is 11.8. The van der Waals surface area contributed by atoms with E-state index in [-0.39, 0.29) is 5.56 Å². The zero-order valence-electron chi connectivity index (χ0n) is 10.7. The lowest BCUT2D eigenvalue weighted by Crippen LogP contribution is -2.04. The van der Waals surface area contributed by atoms with E-state index in [0.717, 1.165) is 18.2 Å². The second kappa shape index (κ2) is 5.91. The van der Waals surface area contributed by atoms with Crippen LogP contribution in [0.1, 0.15) is 21.5 Å². The van der Waals surface area contributed by atoms with Crippen LogP contribution in [-0.2, 0) is 6.18 Å². The first kappa shape index (κ1) is 15.0. The molecule has 1 nitrogen and oxygen atoms in total. The third-order valence-corrected chi connectivity index (χ3v) is 2.77. The van der Waals surface area contributed by atoms with E-state index < -0.39 is 23.3 Å². The lowest BCUT2D eigenvalue weighted by molar-refractivity contribution is -0.137. The number of carbonyl (C=O) groups excluding carboxylic acids is 1. The van der Waals surface area contributed by atoms with Crippen LogP contribution in [-0.4, -0.2) is 5.78 Å². The van der Waals surface area contributed by atoms with Gasteiger partial charge >= 0.3 is 6.18 Å². The molecule has 2 rings (SSSR count). The molecule has 0 aliphatic heterocycles. The number of carbonyl (C=O) groups is 1. The molecule has 0 aliphatic carbocycles. The zero-order valence-corrected chi connectivity index (χ0v) is 10.7. The van der Waals surface area contributed by atoms with Crippen molar-refractivity contribution in [2.75, 3.05) is 0 Å². The van der Waals surface area contributed by atoms with Crippen molar-refractivity contribution in [3.63, 3.8) is 0 Å². The fraction of sp³-hybridized carbons (Fsp3) is 0.0625. The number of rotatable bonds is 3. The number of hydrogen-bond donors (Lipinski definition) is 0. The van der Waals surface area contributed by atoms with Gasteiger partial charge in [-0.25, -0.2) is 4.39 Å². The lowest BCUT2D eigenvalue weighted by Gasteiger charge is -2.05. The summed E-state index contributed by atoms with van der Waals surface area (Å²) in [5, 5.41) is 0. The Morgan fingerprint density at radius 2 is 1.67 bits per heavy atom. The van der Waals surface area contributed by atoms with Crippen molar-refractivity contribution in [3.8, 4) is 0 Å². The quantitative estimate of drug-likeness (QED) is 0.454. The van der Waals surface area contributed by atoms with E-state index in [1.165, 1.54) is 42.5 Å². The number of hydrogen-bond acceptors (Lipinski definition) is 1. The van der Waals surface area contributed by atoms with Crippen LogP contribution in [0.15, 0.2) is 54.6 Å². The van der Waals surface area contributed by atoms with Crippen LogP contribution in [0.25, 0.3) is 6.08 Å². The maximum atomic E-state index is 13.0. The molecule has 0 bridgehead atoms. The molecule has 0 spiro atoms. The summed E-state index contributed by atoms with van der Waals surface area (Å²) in [7, 11) is 0. The highest BCUT2D eigenvalue weighted by Gasteiger charge is 2.29. The van der Waals surface area contributed by atoms with Gasteiger partial charge in [0, 0.05) is 5.56 Å². The fourth-order valence-corrected chi connectivity index (χ4v) is 1.69. The Balaban J connectivity index is 2.12. The number of ketones is 1. The Bertz CT molecular complexity index is 669. The molecule has 108 valence electrons. The molecule has 0 radical (unpaired) electrons. The van der Waals surface area contributed by atoms with Crippen LogP contribution in [0.2, 0.25) is 0 Å². The number of allylic oxidation sites excluding steroid dienone is 1. The molecule has 0 atom stereocenters. The average Bonchev–Trinajstić information content (AvgIpc) is 2.44. The van der Waals surface area contributed by atoms with Gasteiger partial charge in [-0.2, -0.15) is 13.2 Å². The molecule has 0 fully saturated rings. The Morgan fingerprint density at radius 3 is 2.24 bits per heavy atom. The highest BCUT2D eigenvalue weighted by Crippen LogP contribution is 2.29. The van der Waals surface area contributed by atoms with Crippen molar-refractivity contribution in [2.45, 2.75) is 6.18 Å². The summed E-state index contributed by atoms with van der Waals surface area (Å²) in [5.74, 6) is -0.946. The summed E-state index contributed by atoms with van der Waals surface area (Å²) in [4.78, 5) is 11.8. The van der Waals surface area contributed by atoms with Gasteiger partial charge in [-0.05, 0) is 35.9 Å². The van der Waals surface area contributed by atoms with Gasteiger partial charge in [0.1, 0.15) is 5.82 Å². The van der Waals surface area contributed by atoms with Crippen molar-refractivity contribution in [1.29, 1.82) is 0 Å². The Labute approximate surface area is 118 Å². The summed E-state index contributed by atoms with van der Waals surface area (Å²) < 4.78 is 50.1. The van der Waals surface area contributed by atoms with Gasteiger partial charge in [-0.3, -0.25) is 4.79 Å². The first-order valence-corrected chi connectivity index (χ1v) is 6.01. The van der Waals surface area contributed by atoms with Crippen molar-refractivity contribution in [3.05, 3.63) is 77.1 Å². The highest BCUT2D eigenvalue weighted by molar-refractivity contribution is 6.06. The molecular weight excluding hydrogens is 284 g/mol. The first-order valence-electron chi connectivity index (χ1n) is 6.01. The molecule has 0 amide bonds. The predicted molar refractivity (Wildman–Crippen MR) is 71.2 cm³/mol. The van der Waals surface area contributed by atoms with Crippen LogP contribution >= 0.6 is 0 Å². The van der Waals surface area contributed by atoms with Gasteiger partial charge in [0.2, 0.25) is 0 Å². The zero-order chi connectivity index (χ0) is 15.5. The van der Waals surface area contributed by atoms with Crippen LogP contribution in [0.3, 0.4) is 0 Å². The Hall–Kier alpha value is -2.43. The van der Waals surface area contributed by atoms with Gasteiger partial charge in [0.05, 0.1) is 5.56 Å². The van der Waals surface area contributed by atoms with Gasteiger partial charge in [-0.15, -0.1) is 0 Å². The molecule has 0 unspecified atom stereocenters. The molecule has 5 heteroatoms. The SMILES string of the molecule is O=C(/C=C/c1ccc(C(F)(F)F)cc1)c1cccc(F)c1. The Morgan fingerprint density at radius 1 is 1.00 bits per heavy atom. The maximum Gasteiger partial charge on any atom is 0.416 e. The maximum absolute atomic E-state index is 13.0. The molecule has 0 aromatic heterocycles. The molecular formula is C16H10F4O. The minimum atomic E-state index is -4.39. The summed E-state index contributed by atoms with van der Waals surface area (Å²) in [6, 6.07) is 9.59. The van der Waals surface area contributed by atoms with E-state index in [4.69, 9.17) is 0 Å². The standard InChI is InChI=1S/C16H10F4O/c17-14-3-1-2-12(10-14)15(21)9-6-11-4-7-13(8-5-11)16(18,19)20/h1-10H/b9-6+. The lowest BCUT2D eigenvalue weighted by atomic mass is 10.1. The van der Waals surface area contributed by atoms with Crippen molar-refractivity contribution >= 4 is 11.9 Å². The minimum absolute atomic E-state index is 0.179. The third-order valence-electron chi connectivity index (χ3n) is 2.77. The molecule has 0 saturated heterocycles. The molecule has 0 aliphatic rings. The molecule has 2 aromatic rings. The predicted octanol–water partition coefficient (Wildman–Crippen LogP) is 4.74. The van der Waals surface area contributed by atoms with Crippen LogP contribution < -0.4 is 0 Å². The van der Waals surface area contributed by atoms with E-state index in [2.05, 4.69) is 0 Å². The van der Waals surface area contributed by atoms with E-state index >= 15 is 0 Å². The average molecular weight is 294 g/mol. The van der Waals surface area contributed by atoms with Crippen molar-refractivity contribution in [2.24, 2.45) is 0 Å². The second-order valence-electron chi connectivity index (χ2n) is 4.33. The monoisotopic (exact) mass is 294 g/mol.